The first-order valence-corrected chi connectivity index (χ1v) is 7.70. The molecule has 2 aromatic carbocycles. The van der Waals surface area contributed by atoms with E-state index in [1.165, 1.54) is 23.1 Å². The Hall–Kier alpha value is -1.51. The van der Waals surface area contributed by atoms with Crippen molar-refractivity contribution >= 4 is 12.4 Å². The van der Waals surface area contributed by atoms with Crippen LogP contribution in [0.25, 0.3) is 0 Å². The first-order valence-electron chi connectivity index (χ1n) is 7.70. The molecule has 0 fully saturated rings. The van der Waals surface area contributed by atoms with Gasteiger partial charge >= 0.3 is 0 Å². The molecule has 0 radical (unpaired) electrons. The van der Waals surface area contributed by atoms with Crippen LogP contribution in [0.15, 0.2) is 48.5 Å². The van der Waals surface area contributed by atoms with Crippen LogP contribution in [-0.2, 0) is 6.42 Å². The van der Waals surface area contributed by atoms with Gasteiger partial charge in [-0.25, -0.2) is 0 Å². The van der Waals surface area contributed by atoms with Crippen LogP contribution in [0, 0.1) is 5.92 Å². The van der Waals surface area contributed by atoms with Gasteiger partial charge < -0.3 is 10.1 Å². The molecule has 1 N–H and O–H groups in total. The summed E-state index contributed by atoms with van der Waals surface area (Å²) < 4.78 is 5.38. The molecule has 2 atom stereocenters. The fraction of sp³-hybridized carbons (Fsp3) is 0.368. The van der Waals surface area contributed by atoms with E-state index in [1.54, 1.807) is 7.11 Å². The summed E-state index contributed by atoms with van der Waals surface area (Å²) in [5.41, 5.74) is 4.33. The number of hydrogen-bond donors (Lipinski definition) is 1. The van der Waals surface area contributed by atoms with E-state index in [9.17, 15) is 0 Å². The quantitative estimate of drug-likeness (QED) is 0.919. The van der Waals surface area contributed by atoms with E-state index in [0.717, 1.165) is 18.7 Å². The van der Waals surface area contributed by atoms with Crippen LogP contribution in [0.1, 0.15) is 29.0 Å². The first-order chi connectivity index (χ1) is 10.3. The number of methoxy groups -OCH3 is 1. The van der Waals surface area contributed by atoms with Gasteiger partial charge in [0.05, 0.1) is 7.11 Å². The number of ether oxygens (including phenoxy) is 1. The number of rotatable bonds is 4. The molecule has 118 valence electrons. The predicted octanol–water partition coefficient (Wildman–Crippen LogP) is 4.03. The molecule has 1 aliphatic rings. The van der Waals surface area contributed by atoms with E-state index in [1.807, 2.05) is 7.05 Å². The Balaban J connectivity index is 0.00000176. The fourth-order valence-electron chi connectivity index (χ4n) is 3.58. The molecule has 0 saturated carbocycles. The Bertz CT molecular complexity index is 600. The van der Waals surface area contributed by atoms with Gasteiger partial charge in [0.2, 0.25) is 0 Å². The molecular weight excluding hydrogens is 294 g/mol. The van der Waals surface area contributed by atoms with Crippen molar-refractivity contribution in [2.75, 3.05) is 20.7 Å². The van der Waals surface area contributed by atoms with Gasteiger partial charge in [0, 0.05) is 5.92 Å². The number of nitrogens with one attached hydrogen (secondary N) is 1. The average Bonchev–Trinajstić information content (AvgIpc) is 2.55. The third kappa shape index (κ3) is 3.29. The fourth-order valence-corrected chi connectivity index (χ4v) is 3.58. The van der Waals surface area contributed by atoms with Gasteiger partial charge in [-0.05, 0) is 61.2 Å². The molecule has 3 rings (SSSR count). The summed E-state index contributed by atoms with van der Waals surface area (Å²) in [6.07, 6.45) is 2.36. The van der Waals surface area contributed by atoms with Crippen molar-refractivity contribution in [2.24, 2.45) is 5.92 Å². The largest absolute Gasteiger partial charge is 0.497 e. The zero-order valence-electron chi connectivity index (χ0n) is 13.2. The highest BCUT2D eigenvalue weighted by Crippen LogP contribution is 2.41. The molecule has 22 heavy (non-hydrogen) atoms. The second-order valence-corrected chi connectivity index (χ2v) is 5.81. The van der Waals surface area contributed by atoms with Crippen LogP contribution in [0.5, 0.6) is 5.75 Å². The molecule has 0 spiro atoms. The van der Waals surface area contributed by atoms with Gasteiger partial charge in [-0.15, -0.1) is 12.4 Å². The van der Waals surface area contributed by atoms with Gasteiger partial charge in [-0.2, -0.15) is 0 Å². The topological polar surface area (TPSA) is 21.3 Å². The van der Waals surface area contributed by atoms with Crippen LogP contribution in [0.3, 0.4) is 0 Å². The molecule has 2 aromatic rings. The smallest absolute Gasteiger partial charge is 0.119 e. The van der Waals surface area contributed by atoms with Gasteiger partial charge in [-0.3, -0.25) is 0 Å². The molecule has 0 bridgehead atoms. The van der Waals surface area contributed by atoms with E-state index < -0.39 is 0 Å². The Labute approximate surface area is 139 Å². The van der Waals surface area contributed by atoms with Crippen LogP contribution >= 0.6 is 12.4 Å². The van der Waals surface area contributed by atoms with Crippen LogP contribution < -0.4 is 10.1 Å². The van der Waals surface area contributed by atoms with Crippen molar-refractivity contribution in [3.8, 4) is 5.75 Å². The highest BCUT2D eigenvalue weighted by molar-refractivity contribution is 5.85. The Morgan fingerprint density at radius 2 is 1.91 bits per heavy atom. The highest BCUT2D eigenvalue weighted by Gasteiger charge is 2.30. The van der Waals surface area contributed by atoms with E-state index >= 15 is 0 Å². The first kappa shape index (κ1) is 16.9. The third-order valence-electron chi connectivity index (χ3n) is 4.57. The second kappa shape index (κ2) is 7.66. The maximum atomic E-state index is 5.38. The minimum atomic E-state index is 0. The molecule has 0 aromatic heterocycles. The van der Waals surface area contributed by atoms with E-state index in [0.29, 0.717) is 11.8 Å². The summed E-state index contributed by atoms with van der Waals surface area (Å²) in [6.45, 7) is 1.06. The lowest BCUT2D eigenvalue weighted by atomic mass is 9.72. The monoisotopic (exact) mass is 317 g/mol. The predicted molar refractivity (Wildman–Crippen MR) is 94.3 cm³/mol. The SMILES string of the molecule is CNCC1CCc2cc(OC)ccc2C1c1ccccc1.Cl. The molecule has 3 heteroatoms. The molecule has 0 aliphatic heterocycles. The molecule has 1 aliphatic carbocycles. The Morgan fingerprint density at radius 3 is 2.59 bits per heavy atom. The van der Waals surface area contributed by atoms with Crippen molar-refractivity contribution in [3.05, 3.63) is 65.2 Å². The maximum absolute atomic E-state index is 5.38. The summed E-state index contributed by atoms with van der Waals surface area (Å²) in [7, 11) is 3.79. The summed E-state index contributed by atoms with van der Waals surface area (Å²) in [5, 5.41) is 3.37. The van der Waals surface area contributed by atoms with Crippen molar-refractivity contribution in [3.63, 3.8) is 0 Å². The molecule has 0 amide bonds. The summed E-state index contributed by atoms with van der Waals surface area (Å²) in [5.74, 6) is 2.10. The highest BCUT2D eigenvalue weighted by atomic mass is 35.5. The number of halogens is 1. The van der Waals surface area contributed by atoms with Crippen molar-refractivity contribution in [1.29, 1.82) is 0 Å². The van der Waals surface area contributed by atoms with Gasteiger partial charge in [0.15, 0.2) is 0 Å². The maximum Gasteiger partial charge on any atom is 0.119 e. The van der Waals surface area contributed by atoms with Crippen LogP contribution in [0.4, 0.5) is 0 Å². The number of aryl methyl sites for hydroxylation is 1. The lowest BCUT2D eigenvalue weighted by molar-refractivity contribution is 0.389. The van der Waals surface area contributed by atoms with E-state index in [4.69, 9.17) is 4.74 Å². The zero-order valence-corrected chi connectivity index (χ0v) is 14.0. The van der Waals surface area contributed by atoms with E-state index in [2.05, 4.69) is 53.8 Å². The third-order valence-corrected chi connectivity index (χ3v) is 4.57. The molecule has 0 saturated heterocycles. The number of benzene rings is 2. The normalized spacial score (nSPS) is 19.9. The van der Waals surface area contributed by atoms with Gasteiger partial charge in [-0.1, -0.05) is 36.4 Å². The average molecular weight is 318 g/mol. The standard InChI is InChI=1S/C19H23NO.ClH/c1-20-13-16-9-8-15-12-17(21-2)10-11-18(15)19(16)14-6-4-3-5-7-14;/h3-7,10-12,16,19-20H,8-9,13H2,1-2H3;1H. The summed E-state index contributed by atoms with van der Waals surface area (Å²) in [6, 6.07) is 17.5. The molecular formula is C19H24ClNO. The van der Waals surface area contributed by atoms with Crippen molar-refractivity contribution < 1.29 is 4.74 Å². The minimum Gasteiger partial charge on any atom is -0.497 e. The van der Waals surface area contributed by atoms with Crippen molar-refractivity contribution in [1.82, 2.24) is 5.32 Å². The number of hydrogen-bond acceptors (Lipinski definition) is 2. The van der Waals surface area contributed by atoms with E-state index in [-0.39, 0.29) is 12.4 Å². The zero-order chi connectivity index (χ0) is 14.7. The number of fused-ring (bicyclic) bond motifs is 1. The lowest BCUT2D eigenvalue weighted by Gasteiger charge is -2.34. The van der Waals surface area contributed by atoms with Crippen molar-refractivity contribution in [2.45, 2.75) is 18.8 Å². The summed E-state index contributed by atoms with van der Waals surface area (Å²) >= 11 is 0. The molecule has 0 heterocycles. The lowest BCUT2D eigenvalue weighted by Crippen LogP contribution is -2.29. The van der Waals surface area contributed by atoms with Gasteiger partial charge in [0.25, 0.3) is 0 Å². The van der Waals surface area contributed by atoms with Gasteiger partial charge in [0.1, 0.15) is 5.75 Å². The Kier molecular flexibility index (Phi) is 5.87. The molecule has 2 nitrogen and oxygen atoms in total. The molecule has 2 unspecified atom stereocenters. The minimum absolute atomic E-state index is 0. The van der Waals surface area contributed by atoms with Crippen LogP contribution in [0.2, 0.25) is 0 Å². The van der Waals surface area contributed by atoms with Crippen LogP contribution in [-0.4, -0.2) is 20.7 Å². The second-order valence-electron chi connectivity index (χ2n) is 5.81. The summed E-state index contributed by atoms with van der Waals surface area (Å²) in [4.78, 5) is 0. The Morgan fingerprint density at radius 1 is 1.14 bits per heavy atom.